The van der Waals surface area contributed by atoms with Crippen molar-refractivity contribution in [2.24, 2.45) is 0 Å². The Morgan fingerprint density at radius 3 is 1.73 bits per heavy atom. The molecule has 33 heavy (non-hydrogen) atoms. The summed E-state index contributed by atoms with van der Waals surface area (Å²) in [5, 5.41) is 1.90. The average molecular weight is 455 g/mol. The number of hydrogen-bond donors (Lipinski definition) is 0. The van der Waals surface area contributed by atoms with E-state index in [9.17, 15) is 4.79 Å². The maximum absolute atomic E-state index is 12.7. The van der Waals surface area contributed by atoms with Crippen LogP contribution in [0.5, 0.6) is 5.75 Å². The lowest BCUT2D eigenvalue weighted by atomic mass is 10.0. The van der Waals surface area contributed by atoms with Crippen LogP contribution in [0.3, 0.4) is 0 Å². The van der Waals surface area contributed by atoms with Gasteiger partial charge in [0.2, 0.25) is 0 Å². The first-order valence-corrected chi connectivity index (χ1v) is 13.5. The summed E-state index contributed by atoms with van der Waals surface area (Å²) < 4.78 is 11.0. The topological polar surface area (TPSA) is 35.5 Å². The zero-order valence-electron chi connectivity index (χ0n) is 21.2. The number of benzene rings is 2. The summed E-state index contributed by atoms with van der Waals surface area (Å²) in [7, 11) is 1.59. The molecular weight excluding hydrogens is 408 g/mol. The van der Waals surface area contributed by atoms with Crippen LogP contribution in [0.15, 0.2) is 36.4 Å². The van der Waals surface area contributed by atoms with Crippen molar-refractivity contribution < 1.29 is 14.3 Å². The second kappa shape index (κ2) is 17.4. The van der Waals surface area contributed by atoms with Crippen molar-refractivity contribution in [1.29, 1.82) is 0 Å². The summed E-state index contributed by atoms with van der Waals surface area (Å²) >= 11 is 0. The van der Waals surface area contributed by atoms with Crippen LogP contribution >= 0.6 is 0 Å². The Morgan fingerprint density at radius 1 is 0.667 bits per heavy atom. The lowest BCUT2D eigenvalue weighted by molar-refractivity contribution is 0.0496. The summed E-state index contributed by atoms with van der Waals surface area (Å²) in [6.07, 6.45) is 21.4. The predicted molar refractivity (Wildman–Crippen MR) is 140 cm³/mol. The largest absolute Gasteiger partial charge is 0.496 e. The van der Waals surface area contributed by atoms with Crippen LogP contribution in [-0.2, 0) is 4.74 Å². The number of unbranched alkanes of at least 4 members (excludes halogenated alkanes) is 15. The van der Waals surface area contributed by atoms with Gasteiger partial charge in [-0.15, -0.1) is 0 Å². The van der Waals surface area contributed by atoms with Crippen molar-refractivity contribution in [3.8, 4) is 5.75 Å². The van der Waals surface area contributed by atoms with Gasteiger partial charge in [-0.2, -0.15) is 0 Å². The summed E-state index contributed by atoms with van der Waals surface area (Å²) in [4.78, 5) is 12.7. The molecule has 3 heteroatoms. The summed E-state index contributed by atoms with van der Waals surface area (Å²) in [5.41, 5.74) is 0.534. The molecule has 3 nitrogen and oxygen atoms in total. The van der Waals surface area contributed by atoms with Crippen molar-refractivity contribution >= 4 is 16.7 Å². The normalized spacial score (nSPS) is 11.1. The van der Waals surface area contributed by atoms with Gasteiger partial charge in [0.1, 0.15) is 11.3 Å². The monoisotopic (exact) mass is 454 g/mol. The third-order valence-electron chi connectivity index (χ3n) is 6.55. The molecule has 0 saturated carbocycles. The first kappa shape index (κ1) is 27.2. The van der Waals surface area contributed by atoms with Gasteiger partial charge in [-0.25, -0.2) is 4.79 Å². The molecule has 0 heterocycles. The molecule has 2 aromatic carbocycles. The quantitative estimate of drug-likeness (QED) is 0.157. The van der Waals surface area contributed by atoms with Gasteiger partial charge in [-0.3, -0.25) is 0 Å². The summed E-state index contributed by atoms with van der Waals surface area (Å²) in [6.45, 7) is 2.76. The van der Waals surface area contributed by atoms with Crippen LogP contribution in [-0.4, -0.2) is 19.7 Å². The minimum Gasteiger partial charge on any atom is -0.496 e. The molecule has 0 aliphatic rings. The van der Waals surface area contributed by atoms with Crippen molar-refractivity contribution in [2.75, 3.05) is 13.7 Å². The summed E-state index contributed by atoms with van der Waals surface area (Å²) in [6, 6.07) is 11.7. The van der Waals surface area contributed by atoms with Crippen molar-refractivity contribution in [3.63, 3.8) is 0 Å². The van der Waals surface area contributed by atoms with Crippen molar-refractivity contribution in [3.05, 3.63) is 42.0 Å². The van der Waals surface area contributed by atoms with E-state index >= 15 is 0 Å². The number of methoxy groups -OCH3 is 1. The lowest BCUT2D eigenvalue weighted by Crippen LogP contribution is -2.09. The Morgan fingerprint density at radius 2 is 1.18 bits per heavy atom. The van der Waals surface area contributed by atoms with E-state index in [0.29, 0.717) is 17.9 Å². The standard InChI is InChI=1S/C30H46O3/c1-3-4-5-6-7-8-9-10-11-12-13-14-15-16-17-20-25-33-30(31)29-27-22-19-18-21-26(27)23-24-28(29)32-2/h18-19,21-24H,3-17,20,25H2,1-2H3. The Kier molecular flexibility index (Phi) is 14.4. The number of hydrogen-bond acceptors (Lipinski definition) is 3. The Bertz CT molecular complexity index is 783. The first-order valence-electron chi connectivity index (χ1n) is 13.5. The molecule has 0 amide bonds. The van der Waals surface area contributed by atoms with E-state index in [-0.39, 0.29) is 5.97 Å². The third-order valence-corrected chi connectivity index (χ3v) is 6.55. The third kappa shape index (κ3) is 10.6. The molecule has 0 spiro atoms. The van der Waals surface area contributed by atoms with Gasteiger partial charge in [0.15, 0.2) is 0 Å². The van der Waals surface area contributed by atoms with Gasteiger partial charge in [-0.05, 0) is 23.3 Å². The van der Waals surface area contributed by atoms with E-state index < -0.39 is 0 Å². The van der Waals surface area contributed by atoms with E-state index in [1.54, 1.807) is 7.11 Å². The van der Waals surface area contributed by atoms with Crippen LogP contribution in [0, 0.1) is 0 Å². The Balaban J connectivity index is 1.47. The molecule has 184 valence electrons. The van der Waals surface area contributed by atoms with Gasteiger partial charge in [0.25, 0.3) is 0 Å². The molecule has 0 N–H and O–H groups in total. The van der Waals surface area contributed by atoms with Crippen LogP contribution in [0.25, 0.3) is 10.8 Å². The molecule has 0 atom stereocenters. The van der Waals surface area contributed by atoms with Gasteiger partial charge < -0.3 is 9.47 Å². The molecule has 0 aliphatic carbocycles. The fourth-order valence-corrected chi connectivity index (χ4v) is 4.52. The zero-order chi connectivity index (χ0) is 23.6. The number of ether oxygens (including phenoxy) is 2. The second-order valence-electron chi connectivity index (χ2n) is 9.30. The van der Waals surface area contributed by atoms with Crippen molar-refractivity contribution in [1.82, 2.24) is 0 Å². The van der Waals surface area contributed by atoms with Crippen LogP contribution < -0.4 is 4.74 Å². The van der Waals surface area contributed by atoms with E-state index in [1.807, 2.05) is 36.4 Å². The molecule has 0 aliphatic heterocycles. The average Bonchev–Trinajstić information content (AvgIpc) is 2.85. The first-order chi connectivity index (χ1) is 16.3. The second-order valence-corrected chi connectivity index (χ2v) is 9.30. The van der Waals surface area contributed by atoms with Crippen LogP contribution in [0.4, 0.5) is 0 Å². The highest BCUT2D eigenvalue weighted by atomic mass is 16.5. The minimum absolute atomic E-state index is 0.287. The maximum atomic E-state index is 12.7. The smallest absolute Gasteiger partial charge is 0.342 e. The summed E-state index contributed by atoms with van der Waals surface area (Å²) in [5.74, 6) is 0.287. The maximum Gasteiger partial charge on any atom is 0.342 e. The fourth-order valence-electron chi connectivity index (χ4n) is 4.52. The van der Waals surface area contributed by atoms with E-state index in [4.69, 9.17) is 9.47 Å². The highest BCUT2D eigenvalue weighted by molar-refractivity contribution is 6.07. The van der Waals surface area contributed by atoms with E-state index in [0.717, 1.165) is 23.6 Å². The van der Waals surface area contributed by atoms with Gasteiger partial charge in [-0.1, -0.05) is 134 Å². The number of carbonyl (C=O) groups excluding carboxylic acids is 1. The number of rotatable bonds is 19. The Hall–Kier alpha value is -2.03. The molecule has 0 unspecified atom stereocenters. The SMILES string of the molecule is CCCCCCCCCCCCCCCCCCOC(=O)c1c(OC)ccc2ccccc12. The molecule has 0 fully saturated rings. The predicted octanol–water partition coefficient (Wildman–Crippen LogP) is 9.27. The van der Waals surface area contributed by atoms with Gasteiger partial charge >= 0.3 is 5.97 Å². The molecule has 0 radical (unpaired) electrons. The molecule has 0 bridgehead atoms. The fraction of sp³-hybridized carbons (Fsp3) is 0.633. The van der Waals surface area contributed by atoms with Gasteiger partial charge in [0, 0.05) is 0 Å². The zero-order valence-corrected chi connectivity index (χ0v) is 21.2. The van der Waals surface area contributed by atoms with Crippen LogP contribution in [0.2, 0.25) is 0 Å². The molecule has 2 rings (SSSR count). The minimum atomic E-state index is -0.287. The molecule has 0 aromatic heterocycles. The lowest BCUT2D eigenvalue weighted by Gasteiger charge is -2.12. The molecular formula is C30H46O3. The van der Waals surface area contributed by atoms with E-state index in [1.165, 1.54) is 89.9 Å². The Labute approximate surface area is 202 Å². The molecule has 2 aromatic rings. The highest BCUT2D eigenvalue weighted by Crippen LogP contribution is 2.28. The number of carbonyl (C=O) groups is 1. The molecule has 0 saturated heterocycles. The number of esters is 1. The van der Waals surface area contributed by atoms with E-state index in [2.05, 4.69) is 6.92 Å². The van der Waals surface area contributed by atoms with Crippen LogP contribution in [0.1, 0.15) is 120 Å². The van der Waals surface area contributed by atoms with Crippen molar-refractivity contribution in [2.45, 2.75) is 110 Å². The van der Waals surface area contributed by atoms with Gasteiger partial charge in [0.05, 0.1) is 13.7 Å². The highest BCUT2D eigenvalue weighted by Gasteiger charge is 2.17. The number of fused-ring (bicyclic) bond motifs is 1.